The van der Waals surface area contributed by atoms with E-state index in [-0.39, 0.29) is 16.3 Å². The van der Waals surface area contributed by atoms with E-state index in [1.165, 1.54) is 62.9 Å². The maximum Gasteiger partial charge on any atom is 0.269 e. The number of hydrogen-bond donors (Lipinski definition) is 1. The number of anilines is 1. The summed E-state index contributed by atoms with van der Waals surface area (Å²) in [5, 5.41) is 14.6. The summed E-state index contributed by atoms with van der Waals surface area (Å²) in [4.78, 5) is 22.9. The van der Waals surface area contributed by atoms with Crippen molar-refractivity contribution in [2.75, 3.05) is 25.1 Å². The Morgan fingerprint density at radius 1 is 1.00 bits per heavy atom. The van der Waals surface area contributed by atoms with Gasteiger partial charge in [-0.2, -0.15) is 5.10 Å². The largest absolute Gasteiger partial charge is 0.493 e. The lowest BCUT2D eigenvalue weighted by molar-refractivity contribution is -0.384. The van der Waals surface area contributed by atoms with E-state index < -0.39 is 27.4 Å². The number of hydrazone groups is 1. The van der Waals surface area contributed by atoms with Gasteiger partial charge >= 0.3 is 0 Å². The molecule has 0 bridgehead atoms. The van der Waals surface area contributed by atoms with Gasteiger partial charge in [-0.1, -0.05) is 6.07 Å². The number of hydrogen-bond acceptors (Lipinski definition) is 8. The van der Waals surface area contributed by atoms with Crippen LogP contribution in [0.3, 0.4) is 0 Å². The van der Waals surface area contributed by atoms with Crippen molar-refractivity contribution in [3.63, 3.8) is 0 Å². The number of non-ortho nitro benzene ring substituents is 1. The number of sulfonamides is 1. The summed E-state index contributed by atoms with van der Waals surface area (Å²) in [6.07, 6.45) is 1.30. The highest BCUT2D eigenvalue weighted by Crippen LogP contribution is 2.32. The van der Waals surface area contributed by atoms with Gasteiger partial charge in [-0.05, 0) is 66.9 Å². The van der Waals surface area contributed by atoms with E-state index in [0.29, 0.717) is 17.0 Å². The molecule has 3 aromatic carbocycles. The molecule has 1 amide bonds. The van der Waals surface area contributed by atoms with Gasteiger partial charge in [0, 0.05) is 18.2 Å². The van der Waals surface area contributed by atoms with Crippen molar-refractivity contribution in [1.29, 1.82) is 0 Å². The first-order chi connectivity index (χ1) is 17.5. The summed E-state index contributed by atoms with van der Waals surface area (Å²) in [6.45, 7) is 3.09. The van der Waals surface area contributed by atoms with Gasteiger partial charge in [-0.15, -0.1) is 0 Å². The molecule has 0 heterocycles. The van der Waals surface area contributed by atoms with Crippen LogP contribution in [0.2, 0.25) is 0 Å². The molecule has 11 nitrogen and oxygen atoms in total. The Morgan fingerprint density at radius 3 is 2.19 bits per heavy atom. The summed E-state index contributed by atoms with van der Waals surface area (Å²) in [5.74, 6) is -0.111. The van der Waals surface area contributed by atoms with Crippen LogP contribution >= 0.6 is 0 Å². The van der Waals surface area contributed by atoms with E-state index >= 15 is 0 Å². The first kappa shape index (κ1) is 27.1. The highest BCUT2D eigenvalue weighted by Gasteiger charge is 2.28. The Morgan fingerprint density at radius 2 is 1.62 bits per heavy atom. The van der Waals surface area contributed by atoms with E-state index in [1.807, 2.05) is 19.9 Å². The number of nitrogens with zero attached hydrogens (tertiary/aromatic N) is 3. The van der Waals surface area contributed by atoms with Crippen LogP contribution in [0, 0.1) is 24.0 Å². The van der Waals surface area contributed by atoms with Crippen LogP contribution in [0.25, 0.3) is 0 Å². The Balaban J connectivity index is 1.90. The molecule has 0 aromatic heterocycles. The second-order valence-corrected chi connectivity index (χ2v) is 9.88. The molecule has 0 aliphatic carbocycles. The quantitative estimate of drug-likeness (QED) is 0.242. The zero-order valence-electron chi connectivity index (χ0n) is 20.7. The Kier molecular flexibility index (Phi) is 8.45. The zero-order valence-corrected chi connectivity index (χ0v) is 21.5. The summed E-state index contributed by atoms with van der Waals surface area (Å²) >= 11 is 0. The Labute approximate surface area is 214 Å². The van der Waals surface area contributed by atoms with Crippen molar-refractivity contribution in [3.05, 3.63) is 87.5 Å². The lowest BCUT2D eigenvalue weighted by Crippen LogP contribution is -2.39. The molecule has 194 valence electrons. The first-order valence-electron chi connectivity index (χ1n) is 10.9. The van der Waals surface area contributed by atoms with Crippen molar-refractivity contribution in [1.82, 2.24) is 5.43 Å². The molecule has 37 heavy (non-hydrogen) atoms. The van der Waals surface area contributed by atoms with Crippen LogP contribution in [-0.4, -0.2) is 46.2 Å². The number of carbonyl (C=O) groups excluding carboxylic acids is 1. The van der Waals surface area contributed by atoms with Crippen LogP contribution in [0.5, 0.6) is 11.5 Å². The standard InChI is InChI=1S/C25H26N4O7S/c1-17-11-18(2)13-21(12-17)28(37(33,34)22-9-10-23(35-3)24(14-22)36-4)16-25(30)27-26-15-19-5-7-20(8-6-19)29(31)32/h5-15H,16H2,1-4H3,(H,27,30)/b26-15-. The summed E-state index contributed by atoms with van der Waals surface area (Å²) in [5.41, 5.74) is 4.68. The third kappa shape index (κ3) is 6.61. The number of benzene rings is 3. The predicted molar refractivity (Wildman–Crippen MR) is 139 cm³/mol. The van der Waals surface area contributed by atoms with E-state index in [2.05, 4.69) is 10.5 Å². The average Bonchev–Trinajstić information content (AvgIpc) is 2.86. The smallest absolute Gasteiger partial charge is 0.269 e. The van der Waals surface area contributed by atoms with Gasteiger partial charge in [-0.3, -0.25) is 19.2 Å². The molecule has 0 radical (unpaired) electrons. The fraction of sp³-hybridized carbons (Fsp3) is 0.200. The van der Waals surface area contributed by atoms with Gasteiger partial charge < -0.3 is 9.47 Å². The van der Waals surface area contributed by atoms with Crippen molar-refractivity contribution in [2.45, 2.75) is 18.7 Å². The number of carbonyl (C=O) groups is 1. The highest BCUT2D eigenvalue weighted by atomic mass is 32.2. The number of nitrogens with one attached hydrogen (secondary N) is 1. The molecule has 0 aliphatic heterocycles. The first-order valence-corrected chi connectivity index (χ1v) is 12.4. The van der Waals surface area contributed by atoms with Gasteiger partial charge in [0.2, 0.25) is 0 Å². The molecule has 1 N–H and O–H groups in total. The lowest BCUT2D eigenvalue weighted by Gasteiger charge is -2.25. The SMILES string of the molecule is COc1ccc(S(=O)(=O)N(CC(=O)N/N=C\c2ccc([N+](=O)[O-])cc2)c2cc(C)cc(C)c2)cc1OC. The van der Waals surface area contributed by atoms with Crippen LogP contribution in [0.1, 0.15) is 16.7 Å². The number of nitro groups is 1. The molecule has 0 spiro atoms. The van der Waals surface area contributed by atoms with Crippen molar-refractivity contribution >= 4 is 33.5 Å². The third-order valence-corrected chi connectivity index (χ3v) is 7.00. The van der Waals surface area contributed by atoms with Gasteiger partial charge in [-0.25, -0.2) is 13.8 Å². The number of aryl methyl sites for hydroxylation is 2. The topological polar surface area (TPSA) is 140 Å². The van der Waals surface area contributed by atoms with Crippen molar-refractivity contribution in [3.8, 4) is 11.5 Å². The van der Waals surface area contributed by atoms with E-state index in [1.54, 1.807) is 12.1 Å². The summed E-state index contributed by atoms with van der Waals surface area (Å²) in [6, 6.07) is 14.9. The molecule has 12 heteroatoms. The molecule has 0 aliphatic rings. The van der Waals surface area contributed by atoms with Crippen LogP contribution in [0.4, 0.5) is 11.4 Å². The highest BCUT2D eigenvalue weighted by molar-refractivity contribution is 7.92. The molecular formula is C25H26N4O7S. The van der Waals surface area contributed by atoms with E-state index in [4.69, 9.17) is 9.47 Å². The fourth-order valence-corrected chi connectivity index (χ4v) is 4.96. The molecule has 0 atom stereocenters. The monoisotopic (exact) mass is 526 g/mol. The fourth-order valence-electron chi connectivity index (χ4n) is 3.54. The molecule has 0 fully saturated rings. The van der Waals surface area contributed by atoms with Gasteiger partial charge in [0.25, 0.3) is 21.6 Å². The maximum atomic E-state index is 13.7. The van der Waals surface area contributed by atoms with E-state index in [0.717, 1.165) is 15.4 Å². The van der Waals surface area contributed by atoms with Crippen LogP contribution in [0.15, 0.2) is 70.7 Å². The minimum atomic E-state index is -4.21. The summed E-state index contributed by atoms with van der Waals surface area (Å²) in [7, 11) is -1.37. The second-order valence-electron chi connectivity index (χ2n) is 8.02. The maximum absolute atomic E-state index is 13.7. The number of rotatable bonds is 10. The zero-order chi connectivity index (χ0) is 27.2. The summed E-state index contributed by atoms with van der Waals surface area (Å²) < 4.78 is 38.8. The minimum absolute atomic E-state index is 0.0781. The van der Waals surface area contributed by atoms with Gasteiger partial charge in [0.05, 0.1) is 35.9 Å². The Bertz CT molecular complexity index is 1420. The number of amides is 1. The number of ether oxygens (including phenoxy) is 2. The third-order valence-electron chi connectivity index (χ3n) is 5.23. The molecular weight excluding hydrogens is 500 g/mol. The van der Waals surface area contributed by atoms with Crippen LogP contribution < -0.4 is 19.2 Å². The minimum Gasteiger partial charge on any atom is -0.493 e. The molecule has 0 unspecified atom stereocenters. The molecule has 0 saturated heterocycles. The lowest BCUT2D eigenvalue weighted by atomic mass is 10.1. The van der Waals surface area contributed by atoms with Gasteiger partial charge in [0.1, 0.15) is 6.54 Å². The van der Waals surface area contributed by atoms with Crippen LogP contribution in [-0.2, 0) is 14.8 Å². The average molecular weight is 527 g/mol. The molecule has 3 aromatic rings. The normalized spacial score (nSPS) is 11.2. The predicted octanol–water partition coefficient (Wildman–Crippen LogP) is 3.57. The van der Waals surface area contributed by atoms with Gasteiger partial charge in [0.15, 0.2) is 11.5 Å². The Hall–Kier alpha value is -4.45. The number of methoxy groups -OCH3 is 2. The number of nitro benzene ring substituents is 1. The van der Waals surface area contributed by atoms with Crippen molar-refractivity contribution < 1.29 is 27.6 Å². The van der Waals surface area contributed by atoms with E-state index in [9.17, 15) is 23.3 Å². The molecule has 3 rings (SSSR count). The van der Waals surface area contributed by atoms with Crippen molar-refractivity contribution in [2.24, 2.45) is 5.10 Å². The second kappa shape index (κ2) is 11.5. The molecule has 0 saturated carbocycles.